The number of nitrogens with zero attached hydrogens (tertiary/aromatic N) is 6. The zero-order valence-corrected chi connectivity index (χ0v) is 25.1. The van der Waals surface area contributed by atoms with Crippen molar-refractivity contribution in [3.63, 3.8) is 0 Å². The molecule has 0 spiro atoms. The lowest BCUT2D eigenvalue weighted by Gasteiger charge is -2.33. The van der Waals surface area contributed by atoms with Crippen LogP contribution < -0.4 is 21.7 Å². The highest BCUT2D eigenvalue weighted by Crippen LogP contribution is 2.32. The number of likely N-dealkylation sites (N-methyl/N-ethyl adjacent to an activating group) is 2. The minimum atomic E-state index is -4.61. The van der Waals surface area contributed by atoms with Crippen LogP contribution in [-0.2, 0) is 17.4 Å². The van der Waals surface area contributed by atoms with Crippen molar-refractivity contribution in [1.82, 2.24) is 30.1 Å². The lowest BCUT2D eigenvalue weighted by atomic mass is 10.0. The molecule has 1 aliphatic heterocycles. The van der Waals surface area contributed by atoms with Crippen molar-refractivity contribution in [2.45, 2.75) is 18.6 Å². The number of aromatic nitrogens is 3. The van der Waals surface area contributed by atoms with Crippen LogP contribution in [0.25, 0.3) is 22.2 Å². The van der Waals surface area contributed by atoms with Crippen LogP contribution in [0.2, 0.25) is 0 Å². The summed E-state index contributed by atoms with van der Waals surface area (Å²) in [5.74, 6) is -0.00198. The average Bonchev–Trinajstić information content (AvgIpc) is 3.00. The van der Waals surface area contributed by atoms with Gasteiger partial charge < -0.3 is 31.5 Å². The molecular formula is C31H34F3N9O2. The van der Waals surface area contributed by atoms with E-state index in [4.69, 9.17) is 11.5 Å². The molecule has 2 amide bonds. The highest BCUT2D eigenvalue weighted by Gasteiger charge is 2.33. The van der Waals surface area contributed by atoms with E-state index in [1.807, 2.05) is 0 Å². The standard InChI is InChI=1S/C31H34F3N9O2/c1-41(2)29(45)24(16-18-4-6-19(7-5-18)26-22(35)10-11-25(39-26)31(32,33)34)37-28(44)20-8-9-21-23(17-20)38-30(36)40-27(21)43-14-12-42(3)13-15-43/h4-11,17,24H,12-16,35H2,1-3H3,(H,37,44)(H2,36,38,40)/t24-/m0/s1. The minimum absolute atomic E-state index is 0.00197. The number of nitrogens with two attached hydrogens (primary N) is 2. The second-order valence-corrected chi connectivity index (χ2v) is 11.2. The van der Waals surface area contributed by atoms with Crippen LogP contribution in [0.1, 0.15) is 21.6 Å². The van der Waals surface area contributed by atoms with E-state index >= 15 is 0 Å². The van der Waals surface area contributed by atoms with Crippen molar-refractivity contribution in [2.75, 3.05) is 63.7 Å². The van der Waals surface area contributed by atoms with Crippen LogP contribution in [-0.4, -0.2) is 89.9 Å². The molecule has 3 heterocycles. The fraction of sp³-hybridized carbons (Fsp3) is 0.323. The topological polar surface area (TPSA) is 147 Å². The molecule has 0 unspecified atom stereocenters. The Kier molecular flexibility index (Phi) is 8.77. The molecule has 1 saturated heterocycles. The smallest absolute Gasteiger partial charge is 0.397 e. The number of rotatable bonds is 7. The van der Waals surface area contributed by atoms with E-state index < -0.39 is 23.8 Å². The molecule has 2 aromatic heterocycles. The van der Waals surface area contributed by atoms with E-state index in [0.717, 1.165) is 37.6 Å². The number of nitrogens with one attached hydrogen (secondary N) is 1. The van der Waals surface area contributed by atoms with Gasteiger partial charge in [0.15, 0.2) is 0 Å². The maximum Gasteiger partial charge on any atom is 0.433 e. The summed E-state index contributed by atoms with van der Waals surface area (Å²) in [6.07, 6.45) is -4.48. The summed E-state index contributed by atoms with van der Waals surface area (Å²) >= 11 is 0. The molecule has 5 N–H and O–H groups in total. The van der Waals surface area contributed by atoms with Gasteiger partial charge in [-0.15, -0.1) is 0 Å². The fourth-order valence-electron chi connectivity index (χ4n) is 5.18. The number of hydrogen-bond donors (Lipinski definition) is 3. The predicted molar refractivity (Wildman–Crippen MR) is 166 cm³/mol. The molecule has 1 atom stereocenters. The molecule has 45 heavy (non-hydrogen) atoms. The van der Waals surface area contributed by atoms with Gasteiger partial charge in [-0.05, 0) is 42.9 Å². The van der Waals surface area contributed by atoms with Gasteiger partial charge in [-0.1, -0.05) is 24.3 Å². The minimum Gasteiger partial charge on any atom is -0.397 e. The first-order valence-electron chi connectivity index (χ1n) is 14.3. The second-order valence-electron chi connectivity index (χ2n) is 11.2. The molecule has 1 fully saturated rings. The van der Waals surface area contributed by atoms with Crippen LogP contribution in [0.15, 0.2) is 54.6 Å². The largest absolute Gasteiger partial charge is 0.433 e. The number of halogens is 3. The SMILES string of the molecule is CN1CCN(c2nc(N)nc3cc(C(=O)N[C@@H](Cc4ccc(-c5nc(C(F)(F)F)ccc5N)cc4)C(=O)N(C)C)ccc23)CC1. The zero-order valence-electron chi connectivity index (χ0n) is 25.1. The number of pyridine rings is 1. The fourth-order valence-corrected chi connectivity index (χ4v) is 5.18. The Bertz CT molecular complexity index is 1720. The lowest BCUT2D eigenvalue weighted by molar-refractivity contribution is -0.141. The van der Waals surface area contributed by atoms with E-state index in [2.05, 4.69) is 37.1 Å². The van der Waals surface area contributed by atoms with Gasteiger partial charge in [-0.3, -0.25) is 9.59 Å². The Morgan fingerprint density at radius 3 is 2.29 bits per heavy atom. The van der Waals surface area contributed by atoms with Gasteiger partial charge in [0.2, 0.25) is 11.9 Å². The van der Waals surface area contributed by atoms with Gasteiger partial charge >= 0.3 is 6.18 Å². The number of piperazine rings is 1. The summed E-state index contributed by atoms with van der Waals surface area (Å²) in [6, 6.07) is 12.6. The summed E-state index contributed by atoms with van der Waals surface area (Å²) in [4.78, 5) is 44.8. The first-order chi connectivity index (χ1) is 21.3. The van der Waals surface area contributed by atoms with E-state index in [1.165, 1.54) is 11.0 Å². The van der Waals surface area contributed by atoms with Gasteiger partial charge in [0, 0.05) is 63.2 Å². The van der Waals surface area contributed by atoms with E-state index in [9.17, 15) is 22.8 Å². The molecule has 0 saturated carbocycles. The van der Waals surface area contributed by atoms with Crippen LogP contribution in [0.4, 0.5) is 30.6 Å². The maximum atomic E-state index is 13.4. The monoisotopic (exact) mass is 621 g/mol. The normalized spacial score (nSPS) is 14.8. The number of anilines is 3. The van der Waals surface area contributed by atoms with Crippen LogP contribution in [0.3, 0.4) is 0 Å². The second kappa shape index (κ2) is 12.6. The van der Waals surface area contributed by atoms with Gasteiger partial charge in [-0.25, -0.2) is 9.97 Å². The van der Waals surface area contributed by atoms with E-state index in [-0.39, 0.29) is 29.7 Å². The molecule has 0 radical (unpaired) electrons. The van der Waals surface area contributed by atoms with Gasteiger partial charge in [0.05, 0.1) is 16.9 Å². The van der Waals surface area contributed by atoms with Crippen molar-refractivity contribution in [3.05, 3.63) is 71.4 Å². The Balaban J connectivity index is 1.36. The number of amides is 2. The van der Waals surface area contributed by atoms with E-state index in [0.29, 0.717) is 28.0 Å². The number of fused-ring (bicyclic) bond motifs is 1. The highest BCUT2D eigenvalue weighted by molar-refractivity contribution is 6.02. The summed E-state index contributed by atoms with van der Waals surface area (Å²) in [6.45, 7) is 3.32. The summed E-state index contributed by atoms with van der Waals surface area (Å²) < 4.78 is 39.6. The Morgan fingerprint density at radius 1 is 0.956 bits per heavy atom. The molecule has 11 nitrogen and oxygen atoms in total. The molecule has 14 heteroatoms. The summed E-state index contributed by atoms with van der Waals surface area (Å²) in [5, 5.41) is 3.59. The number of alkyl halides is 3. The number of carbonyl (C=O) groups excluding carboxylic acids is 2. The Hall–Kier alpha value is -4.98. The maximum absolute atomic E-state index is 13.4. The molecule has 236 valence electrons. The first-order valence-corrected chi connectivity index (χ1v) is 14.3. The molecule has 5 rings (SSSR count). The summed E-state index contributed by atoms with van der Waals surface area (Å²) in [5.41, 5.74) is 12.9. The Morgan fingerprint density at radius 2 is 1.64 bits per heavy atom. The molecule has 4 aromatic rings. The molecule has 0 bridgehead atoms. The van der Waals surface area contributed by atoms with Crippen molar-refractivity contribution in [1.29, 1.82) is 0 Å². The summed E-state index contributed by atoms with van der Waals surface area (Å²) in [7, 11) is 5.23. The number of nitrogen functional groups attached to an aromatic ring is 2. The number of hydrogen-bond acceptors (Lipinski definition) is 9. The van der Waals surface area contributed by atoms with E-state index in [1.54, 1.807) is 56.6 Å². The third kappa shape index (κ3) is 7.06. The third-order valence-corrected chi connectivity index (χ3v) is 7.69. The van der Waals surface area contributed by atoms with Crippen molar-refractivity contribution in [3.8, 4) is 11.3 Å². The molecular weight excluding hydrogens is 587 g/mol. The van der Waals surface area contributed by atoms with Crippen molar-refractivity contribution >= 4 is 40.2 Å². The zero-order chi connectivity index (χ0) is 32.5. The number of carbonyl (C=O) groups is 2. The highest BCUT2D eigenvalue weighted by atomic mass is 19.4. The molecule has 2 aromatic carbocycles. The quantitative estimate of drug-likeness (QED) is 0.283. The van der Waals surface area contributed by atoms with Crippen LogP contribution >= 0.6 is 0 Å². The van der Waals surface area contributed by atoms with Crippen molar-refractivity contribution < 1.29 is 22.8 Å². The Labute approximate surface area is 258 Å². The molecule has 0 aliphatic carbocycles. The third-order valence-electron chi connectivity index (χ3n) is 7.69. The van der Waals surface area contributed by atoms with Gasteiger partial charge in [0.1, 0.15) is 17.6 Å². The lowest BCUT2D eigenvalue weighted by Crippen LogP contribution is -2.47. The van der Waals surface area contributed by atoms with Gasteiger partial charge in [-0.2, -0.15) is 18.2 Å². The van der Waals surface area contributed by atoms with Crippen LogP contribution in [0.5, 0.6) is 0 Å². The van der Waals surface area contributed by atoms with Crippen LogP contribution in [0, 0.1) is 0 Å². The van der Waals surface area contributed by atoms with Gasteiger partial charge in [0.25, 0.3) is 5.91 Å². The molecule has 1 aliphatic rings. The van der Waals surface area contributed by atoms with Crippen molar-refractivity contribution in [2.24, 2.45) is 0 Å². The predicted octanol–water partition coefficient (Wildman–Crippen LogP) is 3.06. The average molecular weight is 622 g/mol. The first kappa shape index (κ1) is 31.4. The number of benzene rings is 2.